The van der Waals surface area contributed by atoms with E-state index in [2.05, 4.69) is 31.3 Å². The summed E-state index contributed by atoms with van der Waals surface area (Å²) in [7, 11) is 0. The van der Waals surface area contributed by atoms with Crippen molar-refractivity contribution in [3.05, 3.63) is 21.9 Å². The van der Waals surface area contributed by atoms with E-state index in [1.165, 1.54) is 41.9 Å². The predicted molar refractivity (Wildman–Crippen MR) is 82.7 cm³/mol. The van der Waals surface area contributed by atoms with Crippen LogP contribution in [0.15, 0.2) is 12.1 Å². The number of aryl methyl sites for hydroxylation is 1. The summed E-state index contributed by atoms with van der Waals surface area (Å²) in [4.78, 5) is 2.87. The largest absolute Gasteiger partial charge is 0.396 e. The zero-order valence-corrected chi connectivity index (χ0v) is 13.1. The highest BCUT2D eigenvalue weighted by Gasteiger charge is 2.31. The summed E-state index contributed by atoms with van der Waals surface area (Å²) in [6, 6.07) is 4.88. The molecule has 108 valence electrons. The van der Waals surface area contributed by atoms with E-state index in [1.807, 2.05) is 11.3 Å². The van der Waals surface area contributed by atoms with Crippen molar-refractivity contribution < 1.29 is 5.11 Å². The maximum absolute atomic E-state index is 9.73. The number of hydrogen-bond donors (Lipinski definition) is 2. The summed E-state index contributed by atoms with van der Waals surface area (Å²) in [5, 5.41) is 13.4. The van der Waals surface area contributed by atoms with Gasteiger partial charge in [0.25, 0.3) is 0 Å². The molecule has 0 aliphatic heterocycles. The van der Waals surface area contributed by atoms with E-state index < -0.39 is 0 Å². The van der Waals surface area contributed by atoms with Gasteiger partial charge in [0.1, 0.15) is 0 Å². The molecule has 0 bridgehead atoms. The predicted octanol–water partition coefficient (Wildman–Crippen LogP) is 3.90. The second-order valence-electron chi connectivity index (χ2n) is 5.98. The Morgan fingerprint density at radius 3 is 2.63 bits per heavy atom. The molecule has 19 heavy (non-hydrogen) atoms. The molecular formula is C16H27NOS. The lowest BCUT2D eigenvalue weighted by Crippen LogP contribution is -2.39. The van der Waals surface area contributed by atoms with E-state index in [4.69, 9.17) is 0 Å². The molecule has 1 atom stereocenters. The fourth-order valence-electron chi connectivity index (χ4n) is 2.98. The second-order valence-corrected chi connectivity index (χ2v) is 7.18. The van der Waals surface area contributed by atoms with E-state index in [0.717, 1.165) is 13.0 Å². The van der Waals surface area contributed by atoms with Crippen molar-refractivity contribution in [2.24, 2.45) is 5.41 Å². The minimum absolute atomic E-state index is 0.136. The van der Waals surface area contributed by atoms with Gasteiger partial charge in [0, 0.05) is 34.4 Å². The topological polar surface area (TPSA) is 32.3 Å². The van der Waals surface area contributed by atoms with Gasteiger partial charge in [-0.05, 0) is 38.3 Å². The van der Waals surface area contributed by atoms with Crippen molar-refractivity contribution in [1.29, 1.82) is 0 Å². The molecular weight excluding hydrogens is 254 g/mol. The zero-order valence-electron chi connectivity index (χ0n) is 12.2. The van der Waals surface area contributed by atoms with E-state index in [-0.39, 0.29) is 5.41 Å². The SMILES string of the molecule is CCc1ccc(C(C)NCC2(CO)CCCCC2)s1. The number of aliphatic hydroxyl groups is 1. The molecule has 1 fully saturated rings. The Bertz CT molecular complexity index is 382. The van der Waals surface area contributed by atoms with Gasteiger partial charge in [-0.15, -0.1) is 11.3 Å². The van der Waals surface area contributed by atoms with Gasteiger partial charge in [0.15, 0.2) is 0 Å². The summed E-state index contributed by atoms with van der Waals surface area (Å²) < 4.78 is 0. The van der Waals surface area contributed by atoms with Gasteiger partial charge >= 0.3 is 0 Å². The molecule has 1 aliphatic rings. The molecule has 1 aromatic heterocycles. The molecule has 0 spiro atoms. The average molecular weight is 281 g/mol. The number of hydrogen-bond acceptors (Lipinski definition) is 3. The van der Waals surface area contributed by atoms with Crippen molar-refractivity contribution in [2.75, 3.05) is 13.2 Å². The van der Waals surface area contributed by atoms with Crippen molar-refractivity contribution in [2.45, 2.75) is 58.4 Å². The second kappa shape index (κ2) is 6.87. The fraction of sp³-hybridized carbons (Fsp3) is 0.750. The molecule has 1 heterocycles. The van der Waals surface area contributed by atoms with Crippen LogP contribution in [0.3, 0.4) is 0 Å². The molecule has 0 saturated heterocycles. The summed E-state index contributed by atoms with van der Waals surface area (Å²) in [6.07, 6.45) is 7.35. The van der Waals surface area contributed by atoms with Crippen LogP contribution in [0.2, 0.25) is 0 Å². The molecule has 1 aromatic rings. The van der Waals surface area contributed by atoms with Crippen LogP contribution in [0, 0.1) is 5.41 Å². The van der Waals surface area contributed by atoms with Crippen molar-refractivity contribution in [1.82, 2.24) is 5.32 Å². The third-order valence-electron chi connectivity index (χ3n) is 4.49. The number of aliphatic hydroxyl groups excluding tert-OH is 1. The molecule has 2 N–H and O–H groups in total. The summed E-state index contributed by atoms with van der Waals surface area (Å²) in [5.74, 6) is 0. The first-order valence-corrected chi connectivity index (χ1v) is 8.43. The van der Waals surface area contributed by atoms with Crippen LogP contribution < -0.4 is 5.32 Å². The number of thiophene rings is 1. The third kappa shape index (κ3) is 3.80. The Balaban J connectivity index is 1.89. The zero-order chi connectivity index (χ0) is 13.7. The first-order chi connectivity index (χ1) is 9.19. The molecule has 1 saturated carbocycles. The van der Waals surface area contributed by atoms with E-state index in [9.17, 15) is 5.11 Å². The van der Waals surface area contributed by atoms with Gasteiger partial charge in [-0.3, -0.25) is 0 Å². The lowest BCUT2D eigenvalue weighted by molar-refractivity contribution is 0.0790. The van der Waals surface area contributed by atoms with Gasteiger partial charge in [0.2, 0.25) is 0 Å². The quantitative estimate of drug-likeness (QED) is 0.829. The van der Waals surface area contributed by atoms with Gasteiger partial charge < -0.3 is 10.4 Å². The minimum atomic E-state index is 0.136. The summed E-state index contributed by atoms with van der Waals surface area (Å²) in [6.45, 7) is 5.72. The van der Waals surface area contributed by atoms with Gasteiger partial charge in [-0.25, -0.2) is 0 Å². The Morgan fingerprint density at radius 1 is 1.32 bits per heavy atom. The molecule has 3 heteroatoms. The molecule has 0 amide bonds. The maximum atomic E-state index is 9.73. The van der Waals surface area contributed by atoms with Crippen LogP contribution in [0.5, 0.6) is 0 Å². The monoisotopic (exact) mass is 281 g/mol. The first-order valence-electron chi connectivity index (χ1n) is 7.62. The van der Waals surface area contributed by atoms with Crippen molar-refractivity contribution >= 4 is 11.3 Å². The maximum Gasteiger partial charge on any atom is 0.0499 e. The van der Waals surface area contributed by atoms with Crippen LogP contribution in [-0.2, 0) is 6.42 Å². The number of rotatable bonds is 6. The normalized spacial score (nSPS) is 20.4. The summed E-state index contributed by atoms with van der Waals surface area (Å²) >= 11 is 1.91. The Kier molecular flexibility index (Phi) is 5.43. The van der Waals surface area contributed by atoms with Crippen LogP contribution in [0.1, 0.15) is 61.7 Å². The van der Waals surface area contributed by atoms with Crippen LogP contribution >= 0.6 is 11.3 Å². The standard InChI is InChI=1S/C16H27NOS/c1-3-14-7-8-15(19-14)13(2)17-11-16(12-18)9-5-4-6-10-16/h7-8,13,17-18H,3-6,9-12H2,1-2H3. The highest BCUT2D eigenvalue weighted by molar-refractivity contribution is 7.12. The van der Waals surface area contributed by atoms with Crippen molar-refractivity contribution in [3.8, 4) is 0 Å². The molecule has 1 unspecified atom stereocenters. The number of nitrogens with one attached hydrogen (secondary N) is 1. The Labute approximate surface area is 121 Å². The van der Waals surface area contributed by atoms with Gasteiger partial charge in [0.05, 0.1) is 0 Å². The Hall–Kier alpha value is -0.380. The fourth-order valence-corrected chi connectivity index (χ4v) is 3.96. The van der Waals surface area contributed by atoms with E-state index in [1.54, 1.807) is 0 Å². The lowest BCUT2D eigenvalue weighted by Gasteiger charge is -2.36. The Morgan fingerprint density at radius 2 is 2.05 bits per heavy atom. The van der Waals surface area contributed by atoms with Gasteiger partial charge in [-0.2, -0.15) is 0 Å². The summed E-state index contributed by atoms with van der Waals surface area (Å²) in [5.41, 5.74) is 0.136. The molecule has 0 radical (unpaired) electrons. The third-order valence-corrected chi connectivity index (χ3v) is 5.90. The van der Waals surface area contributed by atoms with E-state index in [0.29, 0.717) is 12.6 Å². The lowest BCUT2D eigenvalue weighted by atomic mass is 9.74. The average Bonchev–Trinajstić information content (AvgIpc) is 2.95. The highest BCUT2D eigenvalue weighted by atomic mass is 32.1. The first kappa shape index (κ1) is 15.0. The van der Waals surface area contributed by atoms with Crippen LogP contribution in [0.4, 0.5) is 0 Å². The molecule has 2 nitrogen and oxygen atoms in total. The molecule has 0 aromatic carbocycles. The van der Waals surface area contributed by atoms with Crippen molar-refractivity contribution in [3.63, 3.8) is 0 Å². The molecule has 1 aliphatic carbocycles. The van der Waals surface area contributed by atoms with Gasteiger partial charge in [-0.1, -0.05) is 26.2 Å². The molecule has 2 rings (SSSR count). The van der Waals surface area contributed by atoms with Crippen LogP contribution in [-0.4, -0.2) is 18.3 Å². The minimum Gasteiger partial charge on any atom is -0.396 e. The van der Waals surface area contributed by atoms with Crippen LogP contribution in [0.25, 0.3) is 0 Å². The smallest absolute Gasteiger partial charge is 0.0499 e. The van der Waals surface area contributed by atoms with E-state index >= 15 is 0 Å². The highest BCUT2D eigenvalue weighted by Crippen LogP contribution is 2.36.